The fourth-order valence-corrected chi connectivity index (χ4v) is 2.24. The zero-order valence-corrected chi connectivity index (χ0v) is 10.3. The molecule has 1 aliphatic rings. The molecular weight excluding hydrogens is 234 g/mol. The van der Waals surface area contributed by atoms with Gasteiger partial charge >= 0.3 is 5.97 Å². The van der Waals surface area contributed by atoms with E-state index in [1.54, 1.807) is 19.2 Å². The van der Waals surface area contributed by atoms with Gasteiger partial charge in [-0.05, 0) is 6.07 Å². The summed E-state index contributed by atoms with van der Waals surface area (Å²) >= 11 is 0. The molecule has 1 heterocycles. The average Bonchev–Trinajstić information content (AvgIpc) is 2.39. The fourth-order valence-electron chi connectivity index (χ4n) is 2.24. The van der Waals surface area contributed by atoms with Crippen LogP contribution in [0.4, 0.5) is 0 Å². The predicted octanol–water partition coefficient (Wildman–Crippen LogP) is 0.985. The van der Waals surface area contributed by atoms with E-state index in [4.69, 9.17) is 9.47 Å². The minimum absolute atomic E-state index is 0.392. The summed E-state index contributed by atoms with van der Waals surface area (Å²) < 4.78 is 10.5. The van der Waals surface area contributed by atoms with Crippen LogP contribution in [0.3, 0.4) is 0 Å². The van der Waals surface area contributed by atoms with Crippen LogP contribution in [0.15, 0.2) is 24.3 Å². The molecule has 2 rings (SSSR count). The van der Waals surface area contributed by atoms with Crippen molar-refractivity contribution in [1.29, 1.82) is 0 Å². The molecule has 1 atom stereocenters. The molecule has 5 nitrogen and oxygen atoms in total. The van der Waals surface area contributed by atoms with Crippen LogP contribution in [-0.4, -0.2) is 37.9 Å². The van der Waals surface area contributed by atoms with Crippen LogP contribution in [0.5, 0.6) is 5.75 Å². The second kappa shape index (κ2) is 5.37. The molecule has 1 unspecified atom stereocenters. The van der Waals surface area contributed by atoms with Crippen molar-refractivity contribution in [2.24, 2.45) is 0 Å². The maximum atomic E-state index is 11.7. The maximum absolute atomic E-state index is 11.7. The molecule has 0 amide bonds. The molecule has 5 heteroatoms. The van der Waals surface area contributed by atoms with Gasteiger partial charge in [0.25, 0.3) is 0 Å². The SMILES string of the molecule is COCCNC1(C(=O)O)CCOc2ccccc21. The number of aliphatic carboxylic acids is 1. The molecule has 0 aromatic heterocycles. The summed E-state index contributed by atoms with van der Waals surface area (Å²) in [6.07, 6.45) is 0.406. The van der Waals surface area contributed by atoms with Crippen LogP contribution in [0.1, 0.15) is 12.0 Å². The first-order valence-corrected chi connectivity index (χ1v) is 5.90. The molecule has 0 bridgehead atoms. The molecule has 1 aromatic carbocycles. The third-order valence-corrected chi connectivity index (χ3v) is 3.18. The van der Waals surface area contributed by atoms with Gasteiger partial charge in [0, 0.05) is 25.6 Å². The number of ether oxygens (including phenoxy) is 2. The summed E-state index contributed by atoms with van der Waals surface area (Å²) in [5.41, 5.74) is -0.396. The molecule has 0 radical (unpaired) electrons. The van der Waals surface area contributed by atoms with Gasteiger partial charge in [-0.25, -0.2) is 4.79 Å². The van der Waals surface area contributed by atoms with Crippen molar-refractivity contribution >= 4 is 5.97 Å². The highest BCUT2D eigenvalue weighted by atomic mass is 16.5. The predicted molar refractivity (Wildman–Crippen MR) is 65.7 cm³/mol. The number of benzene rings is 1. The summed E-state index contributed by atoms with van der Waals surface area (Å²) in [6.45, 7) is 1.35. The first kappa shape index (κ1) is 12.9. The van der Waals surface area contributed by atoms with E-state index in [0.717, 1.165) is 0 Å². The van der Waals surface area contributed by atoms with E-state index in [0.29, 0.717) is 37.5 Å². The zero-order chi connectivity index (χ0) is 13.0. The highest BCUT2D eigenvalue weighted by Gasteiger charge is 2.44. The standard InChI is InChI=1S/C13H17NO4/c1-17-9-7-14-13(12(15)16)6-8-18-11-5-3-2-4-10(11)13/h2-5,14H,6-9H2,1H3,(H,15,16). The second-order valence-corrected chi connectivity index (χ2v) is 4.22. The first-order valence-electron chi connectivity index (χ1n) is 5.90. The number of carbonyl (C=O) groups is 1. The van der Waals surface area contributed by atoms with Gasteiger partial charge in [-0.15, -0.1) is 0 Å². The topological polar surface area (TPSA) is 67.8 Å². The number of nitrogens with one attached hydrogen (secondary N) is 1. The molecule has 1 aromatic rings. The highest BCUT2D eigenvalue weighted by molar-refractivity contribution is 5.82. The van der Waals surface area contributed by atoms with E-state index in [9.17, 15) is 9.90 Å². The summed E-state index contributed by atoms with van der Waals surface area (Å²) in [4.78, 5) is 11.7. The minimum atomic E-state index is -1.08. The van der Waals surface area contributed by atoms with E-state index >= 15 is 0 Å². The third-order valence-electron chi connectivity index (χ3n) is 3.18. The van der Waals surface area contributed by atoms with Crippen molar-refractivity contribution in [2.75, 3.05) is 26.9 Å². The largest absolute Gasteiger partial charge is 0.493 e. The van der Waals surface area contributed by atoms with Crippen LogP contribution in [0.2, 0.25) is 0 Å². The number of carboxylic acids is 1. The van der Waals surface area contributed by atoms with Crippen molar-refractivity contribution in [1.82, 2.24) is 5.32 Å². The zero-order valence-electron chi connectivity index (χ0n) is 10.3. The number of methoxy groups -OCH3 is 1. The molecule has 0 aliphatic carbocycles. The molecule has 2 N–H and O–H groups in total. The van der Waals surface area contributed by atoms with E-state index < -0.39 is 11.5 Å². The van der Waals surface area contributed by atoms with E-state index in [1.807, 2.05) is 12.1 Å². The van der Waals surface area contributed by atoms with Crippen molar-refractivity contribution in [2.45, 2.75) is 12.0 Å². The Balaban J connectivity index is 2.33. The molecule has 0 saturated heterocycles. The normalized spacial score (nSPS) is 22.1. The first-order chi connectivity index (χ1) is 8.70. The number of carboxylic acid groups (broad SMARTS) is 1. The Morgan fingerprint density at radius 1 is 1.56 bits per heavy atom. The average molecular weight is 251 g/mol. The van der Waals surface area contributed by atoms with Gasteiger partial charge in [0.2, 0.25) is 0 Å². The second-order valence-electron chi connectivity index (χ2n) is 4.22. The number of hydrogen-bond donors (Lipinski definition) is 2. The number of fused-ring (bicyclic) bond motifs is 1. The Labute approximate surface area is 106 Å². The van der Waals surface area contributed by atoms with Crippen molar-refractivity contribution in [3.05, 3.63) is 29.8 Å². The number of hydrogen-bond acceptors (Lipinski definition) is 4. The summed E-state index contributed by atoms with van der Waals surface area (Å²) in [5.74, 6) is -0.245. The summed E-state index contributed by atoms with van der Waals surface area (Å²) in [7, 11) is 1.59. The summed E-state index contributed by atoms with van der Waals surface area (Å²) in [6, 6.07) is 7.25. The minimum Gasteiger partial charge on any atom is -0.493 e. The quantitative estimate of drug-likeness (QED) is 0.764. The molecular formula is C13H17NO4. The van der Waals surface area contributed by atoms with Gasteiger partial charge in [0.05, 0.1) is 13.2 Å². The molecule has 1 aliphatic heterocycles. The summed E-state index contributed by atoms with van der Waals surface area (Å²) in [5, 5.41) is 12.7. The van der Waals surface area contributed by atoms with Gasteiger partial charge in [-0.2, -0.15) is 0 Å². The molecule has 98 valence electrons. The Hall–Kier alpha value is -1.59. The van der Waals surface area contributed by atoms with Crippen LogP contribution < -0.4 is 10.1 Å². The highest BCUT2D eigenvalue weighted by Crippen LogP contribution is 2.36. The van der Waals surface area contributed by atoms with Crippen LogP contribution in [0.25, 0.3) is 0 Å². The number of para-hydroxylation sites is 1. The van der Waals surface area contributed by atoms with Crippen molar-refractivity contribution in [3.8, 4) is 5.75 Å². The Bertz CT molecular complexity index is 435. The lowest BCUT2D eigenvalue weighted by Gasteiger charge is -2.36. The molecule has 18 heavy (non-hydrogen) atoms. The van der Waals surface area contributed by atoms with E-state index in [-0.39, 0.29) is 0 Å². The Morgan fingerprint density at radius 2 is 2.33 bits per heavy atom. The van der Waals surface area contributed by atoms with Crippen molar-refractivity contribution in [3.63, 3.8) is 0 Å². The van der Waals surface area contributed by atoms with E-state index in [1.165, 1.54) is 0 Å². The lowest BCUT2D eigenvalue weighted by molar-refractivity contribution is -0.147. The fraction of sp³-hybridized carbons (Fsp3) is 0.462. The van der Waals surface area contributed by atoms with Crippen LogP contribution in [-0.2, 0) is 15.1 Å². The van der Waals surface area contributed by atoms with Gasteiger partial charge in [0.15, 0.2) is 0 Å². The smallest absolute Gasteiger partial charge is 0.328 e. The maximum Gasteiger partial charge on any atom is 0.328 e. The van der Waals surface area contributed by atoms with Crippen molar-refractivity contribution < 1.29 is 19.4 Å². The van der Waals surface area contributed by atoms with Gasteiger partial charge < -0.3 is 14.6 Å². The Kier molecular flexibility index (Phi) is 3.84. The lowest BCUT2D eigenvalue weighted by atomic mass is 9.84. The molecule has 0 saturated carbocycles. The van der Waals surface area contributed by atoms with Gasteiger partial charge in [-0.1, -0.05) is 18.2 Å². The van der Waals surface area contributed by atoms with Crippen LogP contribution >= 0.6 is 0 Å². The van der Waals surface area contributed by atoms with E-state index in [2.05, 4.69) is 5.32 Å². The number of rotatable bonds is 5. The lowest BCUT2D eigenvalue weighted by Crippen LogP contribution is -2.53. The van der Waals surface area contributed by atoms with Gasteiger partial charge in [0.1, 0.15) is 11.3 Å². The molecule has 0 spiro atoms. The third kappa shape index (κ3) is 2.19. The monoisotopic (exact) mass is 251 g/mol. The van der Waals surface area contributed by atoms with Gasteiger partial charge in [-0.3, -0.25) is 5.32 Å². The molecule has 0 fully saturated rings. The Morgan fingerprint density at radius 3 is 3.06 bits per heavy atom. The van der Waals surface area contributed by atoms with Crippen LogP contribution in [0, 0.1) is 0 Å².